The van der Waals surface area contributed by atoms with Crippen LogP contribution in [0, 0.1) is 5.92 Å². The van der Waals surface area contributed by atoms with Crippen molar-refractivity contribution in [2.24, 2.45) is 10.9 Å². The van der Waals surface area contributed by atoms with Crippen molar-refractivity contribution >= 4 is 34.1 Å². The SMILES string of the molecule is CCOCCCn1c(N)nc2cc(N)c(N=C(C)CC(C)C)cc21. The lowest BCUT2D eigenvalue weighted by Gasteiger charge is -2.09. The van der Waals surface area contributed by atoms with Crippen LogP contribution in [0.25, 0.3) is 11.0 Å². The van der Waals surface area contributed by atoms with Crippen molar-refractivity contribution in [2.45, 2.75) is 47.1 Å². The van der Waals surface area contributed by atoms with Crippen molar-refractivity contribution < 1.29 is 4.74 Å². The van der Waals surface area contributed by atoms with Crippen LogP contribution in [0.15, 0.2) is 17.1 Å². The molecule has 0 bridgehead atoms. The maximum atomic E-state index is 6.15. The molecule has 2 aromatic rings. The van der Waals surface area contributed by atoms with Gasteiger partial charge in [0.25, 0.3) is 0 Å². The molecule has 1 heterocycles. The number of ether oxygens (including phenoxy) is 1. The second-order valence-corrected chi connectivity index (χ2v) is 6.52. The first-order chi connectivity index (χ1) is 11.4. The number of imidazole rings is 1. The van der Waals surface area contributed by atoms with Gasteiger partial charge in [-0.3, -0.25) is 4.99 Å². The molecule has 0 saturated heterocycles. The fourth-order valence-corrected chi connectivity index (χ4v) is 2.84. The number of nitrogens with two attached hydrogens (primary N) is 2. The van der Waals surface area contributed by atoms with Gasteiger partial charge < -0.3 is 20.8 Å². The molecular formula is C18H29N5O. The van der Waals surface area contributed by atoms with Gasteiger partial charge in [0.2, 0.25) is 5.95 Å². The maximum absolute atomic E-state index is 6.15. The molecule has 2 rings (SSSR count). The van der Waals surface area contributed by atoms with Gasteiger partial charge in [-0.15, -0.1) is 0 Å². The van der Waals surface area contributed by atoms with Gasteiger partial charge in [-0.2, -0.15) is 0 Å². The summed E-state index contributed by atoms with van der Waals surface area (Å²) >= 11 is 0. The minimum Gasteiger partial charge on any atom is -0.397 e. The number of aryl methyl sites for hydroxylation is 1. The summed E-state index contributed by atoms with van der Waals surface area (Å²) in [6, 6.07) is 3.84. The zero-order chi connectivity index (χ0) is 17.7. The number of rotatable bonds is 8. The van der Waals surface area contributed by atoms with Crippen LogP contribution in [0.5, 0.6) is 0 Å². The predicted molar refractivity (Wildman–Crippen MR) is 102 cm³/mol. The van der Waals surface area contributed by atoms with Gasteiger partial charge in [0, 0.05) is 25.5 Å². The molecule has 0 saturated carbocycles. The lowest BCUT2D eigenvalue weighted by molar-refractivity contribution is 0.142. The number of aromatic nitrogens is 2. The summed E-state index contributed by atoms with van der Waals surface area (Å²) in [5.41, 5.74) is 16.5. The summed E-state index contributed by atoms with van der Waals surface area (Å²) in [6.45, 7) is 10.6. The monoisotopic (exact) mass is 331 g/mol. The number of anilines is 2. The Morgan fingerprint density at radius 2 is 2.08 bits per heavy atom. The van der Waals surface area contributed by atoms with Crippen molar-refractivity contribution in [3.05, 3.63) is 12.1 Å². The van der Waals surface area contributed by atoms with Crippen LogP contribution < -0.4 is 11.5 Å². The second-order valence-electron chi connectivity index (χ2n) is 6.52. The first-order valence-corrected chi connectivity index (χ1v) is 8.59. The van der Waals surface area contributed by atoms with E-state index < -0.39 is 0 Å². The highest BCUT2D eigenvalue weighted by atomic mass is 16.5. The van der Waals surface area contributed by atoms with Gasteiger partial charge in [-0.1, -0.05) is 13.8 Å². The normalized spacial score (nSPS) is 12.5. The molecule has 132 valence electrons. The van der Waals surface area contributed by atoms with Crippen LogP contribution in [0.1, 0.15) is 40.5 Å². The van der Waals surface area contributed by atoms with Gasteiger partial charge in [0.15, 0.2) is 0 Å². The van der Waals surface area contributed by atoms with E-state index in [1.54, 1.807) is 0 Å². The van der Waals surface area contributed by atoms with Crippen LogP contribution in [-0.2, 0) is 11.3 Å². The van der Waals surface area contributed by atoms with Crippen molar-refractivity contribution in [3.63, 3.8) is 0 Å². The minimum absolute atomic E-state index is 0.501. The van der Waals surface area contributed by atoms with E-state index in [0.29, 0.717) is 24.2 Å². The molecule has 0 unspecified atom stereocenters. The van der Waals surface area contributed by atoms with Crippen LogP contribution >= 0.6 is 0 Å². The van der Waals surface area contributed by atoms with E-state index in [-0.39, 0.29) is 0 Å². The molecule has 1 aromatic carbocycles. The molecule has 0 aliphatic carbocycles. The van der Waals surface area contributed by atoms with Gasteiger partial charge in [-0.25, -0.2) is 4.98 Å². The third-order valence-corrected chi connectivity index (χ3v) is 3.82. The Kier molecular flexibility index (Phi) is 6.20. The molecule has 6 nitrogen and oxygen atoms in total. The lowest BCUT2D eigenvalue weighted by Crippen LogP contribution is -2.06. The molecule has 0 amide bonds. The molecule has 0 aliphatic heterocycles. The number of aliphatic imine (C=N–C) groups is 1. The fourth-order valence-electron chi connectivity index (χ4n) is 2.84. The van der Waals surface area contributed by atoms with E-state index in [2.05, 4.69) is 18.8 Å². The van der Waals surface area contributed by atoms with E-state index in [0.717, 1.165) is 48.4 Å². The standard InChI is InChI=1S/C18H29N5O/c1-5-24-8-6-7-23-17-11-15(21-13(4)9-12(2)3)14(19)10-16(17)22-18(23)20/h10-12H,5-9,19H2,1-4H3,(H2,20,22). The lowest BCUT2D eigenvalue weighted by atomic mass is 10.1. The number of hydrogen-bond acceptors (Lipinski definition) is 5. The summed E-state index contributed by atoms with van der Waals surface area (Å²) in [6.07, 6.45) is 1.84. The molecule has 0 atom stereocenters. The van der Waals surface area contributed by atoms with Crippen molar-refractivity contribution in [3.8, 4) is 0 Å². The Hall–Kier alpha value is -2.08. The predicted octanol–water partition coefficient (Wildman–Crippen LogP) is 3.77. The van der Waals surface area contributed by atoms with Crippen LogP contribution in [0.2, 0.25) is 0 Å². The molecule has 0 spiro atoms. The van der Waals surface area contributed by atoms with Crippen LogP contribution in [-0.4, -0.2) is 28.5 Å². The molecular weight excluding hydrogens is 302 g/mol. The van der Waals surface area contributed by atoms with Crippen LogP contribution in [0.4, 0.5) is 17.3 Å². The van der Waals surface area contributed by atoms with Crippen molar-refractivity contribution in [1.29, 1.82) is 0 Å². The summed E-state index contributed by atoms with van der Waals surface area (Å²) in [4.78, 5) is 9.11. The molecule has 6 heteroatoms. The zero-order valence-electron chi connectivity index (χ0n) is 15.2. The van der Waals surface area contributed by atoms with E-state index in [9.17, 15) is 0 Å². The molecule has 0 fully saturated rings. The topological polar surface area (TPSA) is 91.5 Å². The van der Waals surface area contributed by atoms with E-state index in [4.69, 9.17) is 21.2 Å². The second kappa shape index (κ2) is 8.15. The quantitative estimate of drug-likeness (QED) is 0.437. The Morgan fingerprint density at radius 1 is 1.33 bits per heavy atom. The Bertz CT molecular complexity index is 718. The number of hydrogen-bond donors (Lipinski definition) is 2. The summed E-state index contributed by atoms with van der Waals surface area (Å²) < 4.78 is 7.40. The Morgan fingerprint density at radius 3 is 2.75 bits per heavy atom. The highest BCUT2D eigenvalue weighted by Gasteiger charge is 2.11. The van der Waals surface area contributed by atoms with Crippen molar-refractivity contribution in [2.75, 3.05) is 24.7 Å². The number of fused-ring (bicyclic) bond motifs is 1. The van der Waals surface area contributed by atoms with E-state index >= 15 is 0 Å². The highest BCUT2D eigenvalue weighted by molar-refractivity contribution is 5.92. The highest BCUT2D eigenvalue weighted by Crippen LogP contribution is 2.30. The van der Waals surface area contributed by atoms with Crippen molar-refractivity contribution in [1.82, 2.24) is 9.55 Å². The van der Waals surface area contributed by atoms with Gasteiger partial charge >= 0.3 is 0 Å². The molecule has 4 N–H and O–H groups in total. The molecule has 24 heavy (non-hydrogen) atoms. The van der Waals surface area contributed by atoms with Crippen LogP contribution in [0.3, 0.4) is 0 Å². The number of nitrogens with zero attached hydrogens (tertiary/aromatic N) is 3. The number of nitrogen functional groups attached to an aromatic ring is 2. The van der Waals surface area contributed by atoms with Gasteiger partial charge in [-0.05, 0) is 44.7 Å². The zero-order valence-corrected chi connectivity index (χ0v) is 15.2. The third-order valence-electron chi connectivity index (χ3n) is 3.82. The molecule has 1 aromatic heterocycles. The smallest absolute Gasteiger partial charge is 0.201 e. The number of benzene rings is 1. The Labute approximate surface area is 143 Å². The van der Waals surface area contributed by atoms with E-state index in [1.165, 1.54) is 0 Å². The minimum atomic E-state index is 0.501. The average Bonchev–Trinajstić information content (AvgIpc) is 2.78. The fraction of sp³-hybridized carbons (Fsp3) is 0.556. The van der Waals surface area contributed by atoms with E-state index in [1.807, 2.05) is 30.5 Å². The summed E-state index contributed by atoms with van der Waals surface area (Å²) in [5, 5.41) is 0. The maximum Gasteiger partial charge on any atom is 0.201 e. The first-order valence-electron chi connectivity index (χ1n) is 8.59. The Balaban J connectivity index is 2.32. The van der Waals surface area contributed by atoms with Gasteiger partial charge in [0.05, 0.1) is 22.4 Å². The molecule has 0 radical (unpaired) electrons. The third kappa shape index (κ3) is 4.47. The molecule has 0 aliphatic rings. The largest absolute Gasteiger partial charge is 0.397 e. The van der Waals surface area contributed by atoms with Gasteiger partial charge in [0.1, 0.15) is 0 Å². The summed E-state index contributed by atoms with van der Waals surface area (Å²) in [7, 11) is 0. The summed E-state index contributed by atoms with van der Waals surface area (Å²) in [5.74, 6) is 1.07. The average molecular weight is 331 g/mol. The first kappa shape index (κ1) is 18.3.